The van der Waals surface area contributed by atoms with Crippen LogP contribution < -0.4 is 0 Å². The van der Waals surface area contributed by atoms with Gasteiger partial charge in [0.15, 0.2) is 0 Å². The minimum Gasteiger partial charge on any atom is -0.390 e. The first-order valence-electron chi connectivity index (χ1n) is 5.43. The largest absolute Gasteiger partial charge is 0.390 e. The average molecular weight is 248 g/mol. The number of aryl methyl sites for hydroxylation is 2. The Morgan fingerprint density at radius 1 is 1.39 bits per heavy atom. The van der Waals surface area contributed by atoms with Gasteiger partial charge in [0, 0.05) is 18.2 Å². The number of benzene rings is 1. The van der Waals surface area contributed by atoms with Crippen molar-refractivity contribution in [3.8, 4) is 0 Å². The van der Waals surface area contributed by atoms with Gasteiger partial charge in [-0.25, -0.2) is 0 Å². The van der Waals surface area contributed by atoms with Crippen LogP contribution in [0, 0.1) is 10.1 Å². The summed E-state index contributed by atoms with van der Waals surface area (Å²) in [7, 11) is 0. The van der Waals surface area contributed by atoms with Crippen molar-refractivity contribution in [1.29, 1.82) is 0 Å². The van der Waals surface area contributed by atoms with Gasteiger partial charge >= 0.3 is 0 Å². The highest BCUT2D eigenvalue weighted by atomic mass is 16.6. The molecule has 0 aliphatic rings. The molecule has 94 valence electrons. The molecule has 0 bridgehead atoms. The van der Waals surface area contributed by atoms with Gasteiger partial charge in [0.25, 0.3) is 5.69 Å². The number of hydrogen-bond donors (Lipinski definition) is 1. The molecule has 2 rings (SSSR count). The number of aromatic nitrogens is 3. The molecule has 2 aromatic rings. The van der Waals surface area contributed by atoms with Crippen molar-refractivity contribution in [2.75, 3.05) is 0 Å². The van der Waals surface area contributed by atoms with Gasteiger partial charge in [-0.15, -0.1) is 5.10 Å². The monoisotopic (exact) mass is 248 g/mol. The lowest BCUT2D eigenvalue weighted by molar-refractivity contribution is -0.385. The Balaban J connectivity index is 2.08. The summed E-state index contributed by atoms with van der Waals surface area (Å²) in [5.74, 6) is 0. The predicted molar refractivity (Wildman–Crippen MR) is 62.7 cm³/mol. The lowest BCUT2D eigenvalue weighted by Gasteiger charge is -2.02. The summed E-state index contributed by atoms with van der Waals surface area (Å²) in [6.07, 6.45) is 2.11. The fourth-order valence-electron chi connectivity index (χ4n) is 1.66. The van der Waals surface area contributed by atoms with Crippen molar-refractivity contribution >= 4 is 5.69 Å². The lowest BCUT2D eigenvalue weighted by atomic mass is 10.1. The first-order valence-corrected chi connectivity index (χ1v) is 5.43. The number of aliphatic hydroxyl groups excluding tert-OH is 1. The Bertz CT molecular complexity index is 553. The number of rotatable bonds is 5. The van der Waals surface area contributed by atoms with Crippen LogP contribution in [0.25, 0.3) is 0 Å². The highest BCUT2D eigenvalue weighted by Crippen LogP contribution is 2.18. The van der Waals surface area contributed by atoms with Crippen LogP contribution in [0.2, 0.25) is 0 Å². The maximum absolute atomic E-state index is 10.8. The Kier molecular flexibility index (Phi) is 3.63. The molecule has 0 atom stereocenters. The molecule has 0 unspecified atom stereocenters. The fourth-order valence-corrected chi connectivity index (χ4v) is 1.66. The number of para-hydroxylation sites is 1. The van der Waals surface area contributed by atoms with Crippen LogP contribution >= 0.6 is 0 Å². The lowest BCUT2D eigenvalue weighted by Crippen LogP contribution is -2.04. The number of nitrogens with zero attached hydrogens (tertiary/aromatic N) is 4. The molecule has 0 aliphatic heterocycles. The second-order valence-electron chi connectivity index (χ2n) is 3.77. The van der Waals surface area contributed by atoms with Crippen molar-refractivity contribution < 1.29 is 10.0 Å². The van der Waals surface area contributed by atoms with Gasteiger partial charge in [-0.3, -0.25) is 14.8 Å². The number of hydrogen-bond acceptors (Lipinski definition) is 5. The molecule has 0 spiro atoms. The molecule has 0 fully saturated rings. The van der Waals surface area contributed by atoms with Gasteiger partial charge in [-0.05, 0) is 6.42 Å². The van der Waals surface area contributed by atoms with E-state index in [1.807, 2.05) is 0 Å². The molecule has 0 amide bonds. The van der Waals surface area contributed by atoms with Crippen molar-refractivity contribution in [3.63, 3.8) is 0 Å². The van der Waals surface area contributed by atoms with Crippen LogP contribution in [0.4, 0.5) is 5.69 Å². The third-order valence-corrected chi connectivity index (χ3v) is 2.55. The van der Waals surface area contributed by atoms with Crippen LogP contribution in [0.1, 0.15) is 11.3 Å². The van der Waals surface area contributed by atoms with Crippen LogP contribution in [-0.2, 0) is 19.6 Å². The molecule has 1 aromatic heterocycles. The highest BCUT2D eigenvalue weighted by molar-refractivity contribution is 5.39. The van der Waals surface area contributed by atoms with E-state index in [0.717, 1.165) is 0 Å². The van der Waals surface area contributed by atoms with E-state index in [4.69, 9.17) is 5.11 Å². The summed E-state index contributed by atoms with van der Waals surface area (Å²) in [4.78, 5) is 10.4. The summed E-state index contributed by atoms with van der Waals surface area (Å²) in [5.41, 5.74) is 1.25. The first kappa shape index (κ1) is 12.2. The minimum absolute atomic E-state index is 0.111. The normalized spacial score (nSPS) is 10.5. The van der Waals surface area contributed by atoms with Gasteiger partial charge in [0.2, 0.25) is 0 Å². The van der Waals surface area contributed by atoms with Crippen molar-refractivity contribution in [2.45, 2.75) is 19.6 Å². The fraction of sp³-hybridized carbons (Fsp3) is 0.273. The van der Waals surface area contributed by atoms with Crippen molar-refractivity contribution in [1.82, 2.24) is 15.0 Å². The molecular weight excluding hydrogens is 236 g/mol. The van der Waals surface area contributed by atoms with E-state index >= 15 is 0 Å². The summed E-state index contributed by atoms with van der Waals surface area (Å²) < 4.78 is 1.56. The average Bonchev–Trinajstić information content (AvgIpc) is 2.84. The second-order valence-corrected chi connectivity index (χ2v) is 3.77. The minimum atomic E-state index is -0.393. The molecule has 0 saturated carbocycles. The molecule has 7 nitrogen and oxygen atoms in total. The summed E-state index contributed by atoms with van der Waals surface area (Å²) in [6.45, 7) is 0.323. The zero-order chi connectivity index (χ0) is 13.0. The number of nitro groups is 1. The van der Waals surface area contributed by atoms with Gasteiger partial charge < -0.3 is 5.11 Å². The van der Waals surface area contributed by atoms with Crippen molar-refractivity contribution in [3.05, 3.63) is 51.8 Å². The van der Waals surface area contributed by atoms with Crippen molar-refractivity contribution in [2.24, 2.45) is 0 Å². The molecule has 1 N–H and O–H groups in total. The van der Waals surface area contributed by atoms with Gasteiger partial charge in [-0.2, -0.15) is 0 Å². The molecule has 0 saturated heterocycles. The van der Waals surface area contributed by atoms with E-state index in [0.29, 0.717) is 24.2 Å². The number of nitro benzene ring substituents is 1. The van der Waals surface area contributed by atoms with E-state index in [9.17, 15) is 10.1 Å². The summed E-state index contributed by atoms with van der Waals surface area (Å²) in [5, 5.41) is 27.2. The Morgan fingerprint density at radius 2 is 2.17 bits per heavy atom. The second kappa shape index (κ2) is 5.37. The van der Waals surface area contributed by atoms with Crippen LogP contribution in [0.15, 0.2) is 30.5 Å². The topological polar surface area (TPSA) is 94.1 Å². The zero-order valence-corrected chi connectivity index (χ0v) is 9.56. The van der Waals surface area contributed by atoms with E-state index in [1.165, 1.54) is 6.07 Å². The quantitative estimate of drug-likeness (QED) is 0.627. The zero-order valence-electron chi connectivity index (χ0n) is 9.56. The smallest absolute Gasteiger partial charge is 0.272 e. The van der Waals surface area contributed by atoms with Gasteiger partial charge in [0.05, 0.1) is 17.7 Å². The van der Waals surface area contributed by atoms with Crippen LogP contribution in [0.5, 0.6) is 0 Å². The predicted octanol–water partition coefficient (Wildman–Crippen LogP) is 0.921. The first-order chi connectivity index (χ1) is 8.70. The van der Waals surface area contributed by atoms with Gasteiger partial charge in [-0.1, -0.05) is 23.4 Å². The van der Waals surface area contributed by atoms with Crippen LogP contribution in [0.3, 0.4) is 0 Å². The SMILES string of the molecule is O=[N+]([O-])c1ccccc1CCn1cc(CO)nn1. The standard InChI is InChI=1S/C11H12N4O3/c16-8-10-7-14(13-12-10)6-5-9-3-1-2-4-11(9)15(17)18/h1-4,7,16H,5-6,8H2. The molecule has 0 aliphatic carbocycles. The molecule has 1 aromatic carbocycles. The highest BCUT2D eigenvalue weighted by Gasteiger charge is 2.12. The van der Waals surface area contributed by atoms with E-state index < -0.39 is 4.92 Å². The summed E-state index contributed by atoms with van der Waals surface area (Å²) >= 11 is 0. The molecule has 0 radical (unpaired) electrons. The molecule has 7 heteroatoms. The number of aliphatic hydroxyl groups is 1. The van der Waals surface area contributed by atoms with E-state index in [-0.39, 0.29) is 12.3 Å². The van der Waals surface area contributed by atoms with Crippen LogP contribution in [-0.4, -0.2) is 25.0 Å². The summed E-state index contributed by atoms with van der Waals surface area (Å²) in [6, 6.07) is 6.61. The molecule has 18 heavy (non-hydrogen) atoms. The maximum atomic E-state index is 10.8. The Labute approximate surface area is 103 Å². The maximum Gasteiger partial charge on any atom is 0.272 e. The Hall–Kier alpha value is -2.28. The van der Waals surface area contributed by atoms with E-state index in [2.05, 4.69) is 10.3 Å². The molecular formula is C11H12N4O3. The van der Waals surface area contributed by atoms with E-state index in [1.54, 1.807) is 29.1 Å². The third kappa shape index (κ3) is 2.69. The molecule has 1 heterocycles. The Morgan fingerprint density at radius 3 is 2.83 bits per heavy atom. The third-order valence-electron chi connectivity index (χ3n) is 2.55. The van der Waals surface area contributed by atoms with Gasteiger partial charge in [0.1, 0.15) is 5.69 Å².